The number of hydrogen-bond donors (Lipinski definition) is 3. The second-order valence-electron chi connectivity index (χ2n) is 6.18. The van der Waals surface area contributed by atoms with Crippen LogP contribution in [0.15, 0.2) is 61.1 Å². The summed E-state index contributed by atoms with van der Waals surface area (Å²) in [5.41, 5.74) is 6.59. The van der Waals surface area contributed by atoms with Gasteiger partial charge in [-0.1, -0.05) is 17.7 Å². The van der Waals surface area contributed by atoms with Crippen molar-refractivity contribution >= 4 is 17.7 Å². The molecule has 148 valence electrons. The number of imidazole rings is 1. The van der Waals surface area contributed by atoms with Crippen LogP contribution in [0, 0.1) is 12.7 Å². The van der Waals surface area contributed by atoms with E-state index in [1.54, 1.807) is 24.3 Å². The summed E-state index contributed by atoms with van der Waals surface area (Å²) in [7, 11) is 0. The molecule has 0 fully saturated rings. The number of nitrogens with one attached hydrogen (secondary N) is 3. The zero-order chi connectivity index (χ0) is 20.8. The van der Waals surface area contributed by atoms with Crippen molar-refractivity contribution in [3.63, 3.8) is 0 Å². The number of hydrazine groups is 1. The van der Waals surface area contributed by atoms with Crippen LogP contribution >= 0.6 is 0 Å². The minimum absolute atomic E-state index is 0.139. The molecule has 0 radical (unpaired) electrons. The first-order valence-corrected chi connectivity index (χ1v) is 8.66. The highest BCUT2D eigenvalue weighted by atomic mass is 19.1. The molecule has 0 aliphatic carbocycles. The first-order valence-electron chi connectivity index (χ1n) is 8.66. The van der Waals surface area contributed by atoms with E-state index < -0.39 is 23.5 Å². The fourth-order valence-electron chi connectivity index (χ4n) is 2.47. The Morgan fingerprint density at radius 3 is 2.34 bits per heavy atom. The topological polar surface area (TPSA) is 105 Å². The fourth-order valence-corrected chi connectivity index (χ4v) is 2.47. The van der Waals surface area contributed by atoms with Crippen molar-refractivity contribution in [1.29, 1.82) is 0 Å². The van der Waals surface area contributed by atoms with Crippen LogP contribution in [0.4, 0.5) is 4.39 Å². The standard InChI is InChI=1S/C20H18FN5O3/c1-13-2-4-14(5-3-13)19(28)23-11-18(27)24-25-20(29)17-10-22-12-26(17)16-8-6-15(21)7-9-16/h2-10,12H,11H2,1H3,(H,23,28)(H,24,27)(H,25,29). The highest BCUT2D eigenvalue weighted by molar-refractivity contribution is 5.97. The van der Waals surface area contributed by atoms with E-state index in [0.29, 0.717) is 11.3 Å². The van der Waals surface area contributed by atoms with Gasteiger partial charge in [-0.15, -0.1) is 0 Å². The molecule has 0 saturated carbocycles. The van der Waals surface area contributed by atoms with E-state index >= 15 is 0 Å². The zero-order valence-corrected chi connectivity index (χ0v) is 15.5. The van der Waals surface area contributed by atoms with E-state index in [0.717, 1.165) is 5.56 Å². The summed E-state index contributed by atoms with van der Waals surface area (Å²) in [6.45, 7) is 1.59. The Bertz CT molecular complexity index is 1030. The van der Waals surface area contributed by atoms with E-state index in [9.17, 15) is 18.8 Å². The van der Waals surface area contributed by atoms with Gasteiger partial charge in [-0.05, 0) is 43.3 Å². The molecule has 0 aliphatic heterocycles. The van der Waals surface area contributed by atoms with Crippen molar-refractivity contribution in [2.24, 2.45) is 0 Å². The molecule has 3 aromatic rings. The summed E-state index contributed by atoms with van der Waals surface area (Å²) in [6, 6.07) is 12.4. The lowest BCUT2D eigenvalue weighted by molar-refractivity contribution is -0.120. The molecule has 1 aromatic heterocycles. The third-order valence-electron chi connectivity index (χ3n) is 4.01. The third kappa shape index (κ3) is 5.04. The smallest absolute Gasteiger partial charge is 0.288 e. The van der Waals surface area contributed by atoms with Crippen LogP contribution in [0.25, 0.3) is 5.69 Å². The number of hydrogen-bond acceptors (Lipinski definition) is 4. The molecule has 0 unspecified atom stereocenters. The average Bonchev–Trinajstić information content (AvgIpc) is 3.21. The molecule has 0 spiro atoms. The van der Waals surface area contributed by atoms with Crippen molar-refractivity contribution in [1.82, 2.24) is 25.7 Å². The van der Waals surface area contributed by atoms with Crippen molar-refractivity contribution in [2.75, 3.05) is 6.54 Å². The Labute approximate surface area is 165 Å². The van der Waals surface area contributed by atoms with E-state index in [2.05, 4.69) is 21.2 Å². The van der Waals surface area contributed by atoms with Crippen LogP contribution in [0.1, 0.15) is 26.4 Å². The minimum atomic E-state index is -0.620. The summed E-state index contributed by atoms with van der Waals surface area (Å²) in [5.74, 6) is -2.03. The van der Waals surface area contributed by atoms with E-state index in [-0.39, 0.29) is 12.2 Å². The van der Waals surface area contributed by atoms with E-state index in [1.165, 1.54) is 41.4 Å². The van der Waals surface area contributed by atoms with E-state index in [1.807, 2.05) is 6.92 Å². The monoisotopic (exact) mass is 395 g/mol. The van der Waals surface area contributed by atoms with Gasteiger partial charge in [-0.3, -0.25) is 29.8 Å². The van der Waals surface area contributed by atoms with Crippen LogP contribution < -0.4 is 16.2 Å². The fraction of sp³-hybridized carbons (Fsp3) is 0.100. The predicted molar refractivity (Wildman–Crippen MR) is 103 cm³/mol. The molecular weight excluding hydrogens is 377 g/mol. The lowest BCUT2D eigenvalue weighted by Crippen LogP contribution is -2.46. The number of nitrogens with zero attached hydrogens (tertiary/aromatic N) is 2. The van der Waals surface area contributed by atoms with Crippen molar-refractivity contribution in [3.8, 4) is 5.69 Å². The Morgan fingerprint density at radius 2 is 1.66 bits per heavy atom. The van der Waals surface area contributed by atoms with Gasteiger partial charge in [0.1, 0.15) is 11.5 Å². The van der Waals surface area contributed by atoms with Crippen LogP contribution in [-0.2, 0) is 4.79 Å². The molecule has 2 aromatic carbocycles. The largest absolute Gasteiger partial charge is 0.343 e. The molecule has 0 atom stereocenters. The van der Waals surface area contributed by atoms with Crippen LogP contribution in [-0.4, -0.2) is 33.8 Å². The van der Waals surface area contributed by atoms with Gasteiger partial charge in [-0.2, -0.15) is 0 Å². The summed E-state index contributed by atoms with van der Waals surface area (Å²) < 4.78 is 14.5. The second-order valence-corrected chi connectivity index (χ2v) is 6.18. The number of halogens is 1. The summed E-state index contributed by atoms with van der Waals surface area (Å²) >= 11 is 0. The highest BCUT2D eigenvalue weighted by Gasteiger charge is 2.14. The van der Waals surface area contributed by atoms with Crippen LogP contribution in [0.2, 0.25) is 0 Å². The average molecular weight is 395 g/mol. The summed E-state index contributed by atoms with van der Waals surface area (Å²) in [5, 5.41) is 2.46. The number of aromatic nitrogens is 2. The van der Waals surface area contributed by atoms with Gasteiger partial charge < -0.3 is 5.32 Å². The lowest BCUT2D eigenvalue weighted by Gasteiger charge is -2.10. The molecule has 3 N–H and O–H groups in total. The molecule has 1 heterocycles. The Balaban J connectivity index is 1.52. The van der Waals surface area contributed by atoms with E-state index in [4.69, 9.17) is 0 Å². The molecular formula is C20H18FN5O3. The molecule has 9 heteroatoms. The van der Waals surface area contributed by atoms with Gasteiger partial charge in [0.25, 0.3) is 17.7 Å². The maximum absolute atomic E-state index is 13.1. The molecule has 29 heavy (non-hydrogen) atoms. The second kappa shape index (κ2) is 8.79. The van der Waals surface area contributed by atoms with Crippen molar-refractivity contribution in [2.45, 2.75) is 6.92 Å². The SMILES string of the molecule is Cc1ccc(C(=O)NCC(=O)NNC(=O)c2cncn2-c2ccc(F)cc2)cc1. The molecule has 3 amide bonds. The first-order chi connectivity index (χ1) is 13.9. The number of carbonyl (C=O) groups is 3. The first kappa shape index (κ1) is 19.7. The highest BCUT2D eigenvalue weighted by Crippen LogP contribution is 2.12. The van der Waals surface area contributed by atoms with Gasteiger partial charge in [0.15, 0.2) is 0 Å². The summed E-state index contributed by atoms with van der Waals surface area (Å²) in [6.07, 6.45) is 2.70. The minimum Gasteiger partial charge on any atom is -0.343 e. The number of aryl methyl sites for hydroxylation is 1. The Hall–Kier alpha value is -4.01. The lowest BCUT2D eigenvalue weighted by atomic mass is 10.1. The maximum Gasteiger partial charge on any atom is 0.288 e. The quantitative estimate of drug-likeness (QED) is 0.570. The maximum atomic E-state index is 13.1. The molecule has 0 aliphatic rings. The van der Waals surface area contributed by atoms with Crippen molar-refractivity contribution < 1.29 is 18.8 Å². The predicted octanol–water partition coefficient (Wildman–Crippen LogP) is 1.51. The van der Waals surface area contributed by atoms with Gasteiger partial charge in [-0.25, -0.2) is 9.37 Å². The molecule has 0 bridgehead atoms. The Kier molecular flexibility index (Phi) is 5.98. The number of rotatable bonds is 5. The third-order valence-corrected chi connectivity index (χ3v) is 4.01. The van der Waals surface area contributed by atoms with Gasteiger partial charge in [0.2, 0.25) is 0 Å². The number of benzene rings is 2. The normalized spacial score (nSPS) is 10.3. The molecule has 0 saturated heterocycles. The van der Waals surface area contributed by atoms with Gasteiger partial charge in [0.05, 0.1) is 19.1 Å². The number of carbonyl (C=O) groups excluding carboxylic acids is 3. The van der Waals surface area contributed by atoms with Gasteiger partial charge in [0, 0.05) is 11.3 Å². The number of amides is 3. The van der Waals surface area contributed by atoms with Crippen LogP contribution in [0.5, 0.6) is 0 Å². The summed E-state index contributed by atoms with van der Waals surface area (Å²) in [4.78, 5) is 40.1. The van der Waals surface area contributed by atoms with Crippen molar-refractivity contribution in [3.05, 3.63) is 83.7 Å². The van der Waals surface area contributed by atoms with Crippen LogP contribution in [0.3, 0.4) is 0 Å². The Morgan fingerprint density at radius 1 is 0.966 bits per heavy atom. The molecule has 8 nitrogen and oxygen atoms in total. The van der Waals surface area contributed by atoms with Gasteiger partial charge >= 0.3 is 0 Å². The molecule has 3 rings (SSSR count). The zero-order valence-electron chi connectivity index (χ0n) is 15.5.